The van der Waals surface area contributed by atoms with Gasteiger partial charge in [-0.1, -0.05) is 6.07 Å². The highest BCUT2D eigenvalue weighted by Crippen LogP contribution is 2.30. The summed E-state index contributed by atoms with van der Waals surface area (Å²) in [7, 11) is 1.32. The van der Waals surface area contributed by atoms with E-state index in [9.17, 15) is 14.7 Å². The molecule has 33 heavy (non-hydrogen) atoms. The number of ether oxygens (including phenoxy) is 1. The first-order valence-electron chi connectivity index (χ1n) is 10.7. The minimum atomic E-state index is -0.451. The van der Waals surface area contributed by atoms with Gasteiger partial charge in [0.2, 0.25) is 5.91 Å². The third-order valence-electron chi connectivity index (χ3n) is 5.38. The van der Waals surface area contributed by atoms with Gasteiger partial charge in [-0.15, -0.1) is 0 Å². The number of methoxy groups -OCH3 is 1. The number of nitrogens with zero attached hydrogens (tertiary/aromatic N) is 2. The number of amides is 1. The summed E-state index contributed by atoms with van der Waals surface area (Å²) in [5.74, 6) is -0.536. The molecule has 0 bridgehead atoms. The first-order valence-corrected chi connectivity index (χ1v) is 10.7. The van der Waals surface area contributed by atoms with Crippen LogP contribution in [0.3, 0.4) is 0 Å². The van der Waals surface area contributed by atoms with E-state index in [2.05, 4.69) is 9.98 Å². The predicted octanol–water partition coefficient (Wildman–Crippen LogP) is 4.28. The topological polar surface area (TPSA) is 121 Å². The molecular formula is C25H30N4O4. The average molecular weight is 451 g/mol. The van der Waals surface area contributed by atoms with Crippen molar-refractivity contribution in [2.45, 2.75) is 39.7 Å². The number of H-pyrrole nitrogens is 1. The molecule has 2 aromatic carbocycles. The molecule has 8 nitrogen and oxygen atoms in total. The summed E-state index contributed by atoms with van der Waals surface area (Å²) in [5, 5.41) is 11.2. The average Bonchev–Trinajstić information content (AvgIpc) is 3.08. The van der Waals surface area contributed by atoms with E-state index in [4.69, 9.17) is 10.5 Å². The highest BCUT2D eigenvalue weighted by Gasteiger charge is 2.18. The molecule has 3 rings (SSSR count). The van der Waals surface area contributed by atoms with Crippen molar-refractivity contribution in [2.24, 2.45) is 10.7 Å². The zero-order valence-corrected chi connectivity index (χ0v) is 19.6. The lowest BCUT2D eigenvalue weighted by Gasteiger charge is -2.26. The summed E-state index contributed by atoms with van der Waals surface area (Å²) in [5.41, 5.74) is 9.30. The fourth-order valence-corrected chi connectivity index (χ4v) is 3.62. The number of aromatic hydroxyl groups is 1. The Balaban J connectivity index is 1.88. The fraction of sp³-hybridized carbons (Fsp3) is 0.320. The van der Waals surface area contributed by atoms with Gasteiger partial charge in [0.25, 0.3) is 0 Å². The molecule has 174 valence electrons. The Labute approximate surface area is 193 Å². The van der Waals surface area contributed by atoms with E-state index in [0.29, 0.717) is 41.0 Å². The van der Waals surface area contributed by atoms with Crippen LogP contribution in [0.15, 0.2) is 47.5 Å². The lowest BCUT2D eigenvalue weighted by Crippen LogP contribution is -2.39. The van der Waals surface area contributed by atoms with Gasteiger partial charge in [-0.3, -0.25) is 9.79 Å². The van der Waals surface area contributed by atoms with Crippen molar-refractivity contribution in [1.29, 1.82) is 0 Å². The predicted molar refractivity (Wildman–Crippen MR) is 131 cm³/mol. The van der Waals surface area contributed by atoms with E-state index in [0.717, 1.165) is 11.1 Å². The van der Waals surface area contributed by atoms with Crippen LogP contribution in [-0.2, 0) is 9.53 Å². The first kappa shape index (κ1) is 24.0. The van der Waals surface area contributed by atoms with E-state index in [-0.39, 0.29) is 17.3 Å². The maximum Gasteiger partial charge on any atom is 0.337 e. The van der Waals surface area contributed by atoms with Gasteiger partial charge in [-0.25, -0.2) is 4.79 Å². The SMILES string of the molecule is COC(=O)c1ccc2c(C(C)=Nc3ccc(N(CCC(C)(C)N)C(C)=O)cc3)c(O)[nH]c2c1. The summed E-state index contributed by atoms with van der Waals surface area (Å²) in [4.78, 5) is 33.1. The van der Waals surface area contributed by atoms with E-state index in [1.807, 2.05) is 38.1 Å². The molecular weight excluding hydrogens is 420 g/mol. The van der Waals surface area contributed by atoms with Crippen LogP contribution in [0.1, 0.15) is 50.0 Å². The molecule has 8 heteroatoms. The van der Waals surface area contributed by atoms with Crippen LogP contribution in [0.4, 0.5) is 11.4 Å². The van der Waals surface area contributed by atoms with Crippen molar-refractivity contribution in [2.75, 3.05) is 18.6 Å². The molecule has 0 unspecified atom stereocenters. The van der Waals surface area contributed by atoms with Crippen LogP contribution in [0.2, 0.25) is 0 Å². The molecule has 0 radical (unpaired) electrons. The van der Waals surface area contributed by atoms with Crippen molar-refractivity contribution in [3.8, 4) is 5.88 Å². The highest BCUT2D eigenvalue weighted by molar-refractivity contribution is 6.13. The summed E-state index contributed by atoms with van der Waals surface area (Å²) >= 11 is 0. The zero-order chi connectivity index (χ0) is 24.3. The number of rotatable bonds is 7. The van der Waals surface area contributed by atoms with Crippen molar-refractivity contribution < 1.29 is 19.4 Å². The van der Waals surface area contributed by atoms with Gasteiger partial charge in [0, 0.05) is 35.6 Å². The van der Waals surface area contributed by atoms with Crippen molar-refractivity contribution >= 4 is 39.9 Å². The van der Waals surface area contributed by atoms with Crippen LogP contribution in [0, 0.1) is 0 Å². The standard InChI is InChI=1S/C25H30N4O4/c1-15(22-20-11-6-17(24(32)33-5)14-21(20)28-23(22)31)27-18-7-9-19(10-8-18)29(16(2)30)13-12-25(3,4)26/h6-11,14,28,31H,12-13,26H2,1-5H3. The summed E-state index contributed by atoms with van der Waals surface area (Å²) in [6.45, 7) is 7.72. The largest absolute Gasteiger partial charge is 0.494 e. The van der Waals surface area contributed by atoms with E-state index < -0.39 is 5.97 Å². The summed E-state index contributed by atoms with van der Waals surface area (Å²) in [6.07, 6.45) is 0.670. The highest BCUT2D eigenvalue weighted by atomic mass is 16.5. The molecule has 0 spiro atoms. The molecule has 0 saturated heterocycles. The quantitative estimate of drug-likeness (QED) is 0.366. The number of nitrogens with two attached hydrogens (primary N) is 1. The number of hydrogen-bond acceptors (Lipinski definition) is 6. The van der Waals surface area contributed by atoms with Crippen molar-refractivity contribution in [3.63, 3.8) is 0 Å². The Morgan fingerprint density at radius 3 is 2.39 bits per heavy atom. The number of aliphatic imine (C=N–C) groups is 1. The molecule has 3 aromatic rings. The fourth-order valence-electron chi connectivity index (χ4n) is 3.62. The zero-order valence-electron chi connectivity index (χ0n) is 19.6. The number of fused-ring (bicyclic) bond motifs is 1. The number of anilines is 1. The number of carbonyl (C=O) groups excluding carboxylic acids is 2. The van der Waals surface area contributed by atoms with Crippen LogP contribution in [0.25, 0.3) is 10.9 Å². The minimum Gasteiger partial charge on any atom is -0.494 e. The Morgan fingerprint density at radius 1 is 1.15 bits per heavy atom. The maximum absolute atomic E-state index is 12.1. The summed E-state index contributed by atoms with van der Waals surface area (Å²) < 4.78 is 4.75. The van der Waals surface area contributed by atoms with Crippen LogP contribution >= 0.6 is 0 Å². The molecule has 0 fully saturated rings. The Kier molecular flexibility index (Phi) is 6.88. The molecule has 0 aliphatic carbocycles. The number of aromatic amines is 1. The number of aromatic nitrogens is 1. The lowest BCUT2D eigenvalue weighted by atomic mass is 10.0. The number of carbonyl (C=O) groups is 2. The Hall–Kier alpha value is -3.65. The molecule has 0 atom stereocenters. The molecule has 0 saturated carbocycles. The van der Waals surface area contributed by atoms with Crippen molar-refractivity contribution in [1.82, 2.24) is 4.98 Å². The molecule has 1 heterocycles. The molecule has 0 aliphatic heterocycles. The normalized spacial score (nSPS) is 12.1. The van der Waals surface area contributed by atoms with Gasteiger partial charge in [-0.05, 0) is 63.6 Å². The second-order valence-electron chi connectivity index (χ2n) is 8.72. The van der Waals surface area contributed by atoms with Crippen LogP contribution < -0.4 is 10.6 Å². The first-order chi connectivity index (χ1) is 15.5. The smallest absolute Gasteiger partial charge is 0.337 e. The third-order valence-corrected chi connectivity index (χ3v) is 5.38. The van der Waals surface area contributed by atoms with E-state index >= 15 is 0 Å². The molecule has 1 aromatic heterocycles. The number of hydrogen-bond donors (Lipinski definition) is 3. The molecule has 4 N–H and O–H groups in total. The Morgan fingerprint density at radius 2 is 1.82 bits per heavy atom. The minimum absolute atomic E-state index is 0.0305. The maximum atomic E-state index is 12.1. The van der Waals surface area contributed by atoms with Crippen molar-refractivity contribution in [3.05, 3.63) is 53.6 Å². The van der Waals surface area contributed by atoms with Crippen LogP contribution in [0.5, 0.6) is 5.88 Å². The molecule has 0 aliphatic rings. The monoisotopic (exact) mass is 450 g/mol. The molecule has 1 amide bonds. The lowest BCUT2D eigenvalue weighted by molar-refractivity contribution is -0.116. The van der Waals surface area contributed by atoms with E-state index in [1.165, 1.54) is 14.0 Å². The second kappa shape index (κ2) is 9.46. The van der Waals surface area contributed by atoms with Gasteiger partial charge < -0.3 is 25.5 Å². The van der Waals surface area contributed by atoms with E-state index in [1.54, 1.807) is 30.0 Å². The third kappa shape index (κ3) is 5.59. The van der Waals surface area contributed by atoms with Gasteiger partial charge in [0.05, 0.1) is 29.6 Å². The number of nitrogens with one attached hydrogen (secondary N) is 1. The second-order valence-corrected chi connectivity index (χ2v) is 8.72. The Bertz CT molecular complexity index is 1200. The summed E-state index contributed by atoms with van der Waals surface area (Å²) in [6, 6.07) is 12.4. The van der Waals surface area contributed by atoms with Gasteiger partial charge in [0.1, 0.15) is 0 Å². The van der Waals surface area contributed by atoms with Gasteiger partial charge in [0.15, 0.2) is 5.88 Å². The number of benzene rings is 2. The van der Waals surface area contributed by atoms with Gasteiger partial charge >= 0.3 is 5.97 Å². The van der Waals surface area contributed by atoms with Gasteiger partial charge in [-0.2, -0.15) is 0 Å². The van der Waals surface area contributed by atoms with Crippen LogP contribution in [-0.4, -0.2) is 46.9 Å². The number of esters is 1.